The molecule has 1 aromatic heterocycles. The minimum absolute atomic E-state index is 0.637. The minimum atomic E-state index is 0.637. The van der Waals surface area contributed by atoms with Crippen LogP contribution in [-0.2, 0) is 19.4 Å². The van der Waals surface area contributed by atoms with E-state index in [2.05, 4.69) is 22.4 Å². The summed E-state index contributed by atoms with van der Waals surface area (Å²) in [5, 5.41) is 9.06. The third kappa shape index (κ3) is 4.11. The molecule has 0 amide bonds. The SMILES string of the molecule is COc1ccc(CCc2cn(Cc3ccccc3)nn2)cc1Cl. The summed E-state index contributed by atoms with van der Waals surface area (Å²) in [6, 6.07) is 16.1. The molecular weight excluding hydrogens is 310 g/mol. The van der Waals surface area contributed by atoms with E-state index in [1.807, 2.05) is 47.3 Å². The number of aromatic nitrogens is 3. The van der Waals surface area contributed by atoms with E-state index in [0.717, 1.165) is 30.6 Å². The van der Waals surface area contributed by atoms with Gasteiger partial charge in [-0.25, -0.2) is 4.68 Å². The van der Waals surface area contributed by atoms with Crippen LogP contribution in [0.4, 0.5) is 0 Å². The molecule has 0 aliphatic rings. The van der Waals surface area contributed by atoms with E-state index in [1.165, 1.54) is 5.56 Å². The molecule has 2 aromatic carbocycles. The molecule has 0 spiro atoms. The van der Waals surface area contributed by atoms with E-state index < -0.39 is 0 Å². The van der Waals surface area contributed by atoms with E-state index in [0.29, 0.717) is 10.8 Å². The Balaban J connectivity index is 1.60. The molecule has 0 aliphatic heterocycles. The van der Waals surface area contributed by atoms with Gasteiger partial charge in [-0.3, -0.25) is 0 Å². The second-order valence-corrected chi connectivity index (χ2v) is 5.77. The molecule has 3 rings (SSSR count). The molecule has 0 atom stereocenters. The van der Waals surface area contributed by atoms with E-state index in [4.69, 9.17) is 16.3 Å². The number of hydrogen-bond donors (Lipinski definition) is 0. The summed E-state index contributed by atoms with van der Waals surface area (Å²) in [5.74, 6) is 0.698. The third-order valence-corrected chi connectivity index (χ3v) is 3.95. The zero-order chi connectivity index (χ0) is 16.1. The van der Waals surface area contributed by atoms with E-state index in [-0.39, 0.29) is 0 Å². The molecule has 4 nitrogen and oxygen atoms in total. The molecule has 23 heavy (non-hydrogen) atoms. The molecule has 118 valence electrons. The van der Waals surface area contributed by atoms with Gasteiger partial charge < -0.3 is 4.74 Å². The van der Waals surface area contributed by atoms with Crippen LogP contribution >= 0.6 is 11.6 Å². The molecule has 0 radical (unpaired) electrons. The third-order valence-electron chi connectivity index (χ3n) is 3.66. The van der Waals surface area contributed by atoms with Crippen molar-refractivity contribution in [2.24, 2.45) is 0 Å². The van der Waals surface area contributed by atoms with Gasteiger partial charge in [0.25, 0.3) is 0 Å². The molecule has 3 aromatic rings. The van der Waals surface area contributed by atoms with Crippen molar-refractivity contribution in [2.45, 2.75) is 19.4 Å². The minimum Gasteiger partial charge on any atom is -0.495 e. The second kappa shape index (κ2) is 7.29. The van der Waals surface area contributed by atoms with E-state index in [9.17, 15) is 0 Å². The molecule has 0 saturated heterocycles. The van der Waals surface area contributed by atoms with Gasteiger partial charge in [-0.05, 0) is 36.1 Å². The molecule has 5 heteroatoms. The Kier molecular flexibility index (Phi) is 4.93. The van der Waals surface area contributed by atoms with Crippen LogP contribution in [0.3, 0.4) is 0 Å². The van der Waals surface area contributed by atoms with Crippen LogP contribution < -0.4 is 4.74 Å². The van der Waals surface area contributed by atoms with E-state index in [1.54, 1.807) is 7.11 Å². The lowest BCUT2D eigenvalue weighted by atomic mass is 10.1. The Morgan fingerprint density at radius 3 is 2.61 bits per heavy atom. The number of aryl methyl sites for hydroxylation is 2. The summed E-state index contributed by atoms with van der Waals surface area (Å²) in [6.07, 6.45) is 3.70. The Bertz CT molecular complexity index is 771. The molecule has 0 bridgehead atoms. The Hall–Kier alpha value is -2.33. The predicted octanol–water partition coefficient (Wildman–Crippen LogP) is 3.77. The van der Waals surface area contributed by atoms with Crippen molar-refractivity contribution in [1.29, 1.82) is 0 Å². The standard InChI is InChI=1S/C18H18ClN3O/c1-23-18-10-8-14(11-17(18)19)7-9-16-13-22(21-20-16)12-15-5-3-2-4-6-15/h2-6,8,10-11,13H,7,9,12H2,1H3. The van der Waals surface area contributed by atoms with Crippen molar-refractivity contribution in [3.63, 3.8) is 0 Å². The van der Waals surface area contributed by atoms with Crippen LogP contribution in [0.1, 0.15) is 16.8 Å². The lowest BCUT2D eigenvalue weighted by Gasteiger charge is -2.05. The topological polar surface area (TPSA) is 39.9 Å². The molecule has 0 saturated carbocycles. The first-order valence-corrected chi connectivity index (χ1v) is 7.88. The average molecular weight is 328 g/mol. The summed E-state index contributed by atoms with van der Waals surface area (Å²) in [6.45, 7) is 0.738. The lowest BCUT2D eigenvalue weighted by Crippen LogP contribution is -1.99. The highest BCUT2D eigenvalue weighted by atomic mass is 35.5. The molecule has 0 unspecified atom stereocenters. The fraction of sp³-hybridized carbons (Fsp3) is 0.222. The molecule has 0 aliphatic carbocycles. The van der Waals surface area contributed by atoms with Crippen LogP contribution in [-0.4, -0.2) is 22.1 Å². The Morgan fingerprint density at radius 1 is 1.04 bits per heavy atom. The molecule has 0 fully saturated rings. The summed E-state index contributed by atoms with van der Waals surface area (Å²) in [5.41, 5.74) is 3.35. The highest BCUT2D eigenvalue weighted by Crippen LogP contribution is 2.25. The first-order chi connectivity index (χ1) is 11.2. The van der Waals surface area contributed by atoms with Gasteiger partial charge in [0.15, 0.2) is 0 Å². The highest BCUT2D eigenvalue weighted by molar-refractivity contribution is 6.32. The van der Waals surface area contributed by atoms with Crippen molar-refractivity contribution in [3.8, 4) is 5.75 Å². The molecule has 1 heterocycles. The number of rotatable bonds is 6. The molecule has 0 N–H and O–H groups in total. The van der Waals surface area contributed by atoms with Crippen LogP contribution in [0.15, 0.2) is 54.7 Å². The molecular formula is C18H18ClN3O. The smallest absolute Gasteiger partial charge is 0.137 e. The van der Waals surface area contributed by atoms with Crippen molar-refractivity contribution in [3.05, 3.63) is 76.6 Å². The predicted molar refractivity (Wildman–Crippen MR) is 91.0 cm³/mol. The number of halogens is 1. The van der Waals surface area contributed by atoms with Crippen molar-refractivity contribution < 1.29 is 4.74 Å². The number of benzene rings is 2. The number of hydrogen-bond acceptors (Lipinski definition) is 3. The van der Waals surface area contributed by atoms with Gasteiger partial charge in [-0.2, -0.15) is 0 Å². The first-order valence-electron chi connectivity index (χ1n) is 7.50. The van der Waals surface area contributed by atoms with E-state index >= 15 is 0 Å². The van der Waals surface area contributed by atoms with Gasteiger partial charge in [0.05, 0.1) is 24.4 Å². The van der Waals surface area contributed by atoms with Gasteiger partial charge in [0.1, 0.15) is 5.75 Å². The number of nitrogens with zero attached hydrogens (tertiary/aromatic N) is 3. The van der Waals surface area contributed by atoms with Crippen molar-refractivity contribution in [2.75, 3.05) is 7.11 Å². The lowest BCUT2D eigenvalue weighted by molar-refractivity contribution is 0.415. The van der Waals surface area contributed by atoms with Gasteiger partial charge in [0.2, 0.25) is 0 Å². The largest absolute Gasteiger partial charge is 0.495 e. The summed E-state index contributed by atoms with van der Waals surface area (Å²) in [4.78, 5) is 0. The normalized spacial score (nSPS) is 10.7. The summed E-state index contributed by atoms with van der Waals surface area (Å²) < 4.78 is 7.03. The van der Waals surface area contributed by atoms with Gasteiger partial charge in [-0.15, -0.1) is 5.10 Å². The van der Waals surface area contributed by atoms with Crippen LogP contribution in [0.25, 0.3) is 0 Å². The number of ether oxygens (including phenoxy) is 1. The fourth-order valence-electron chi connectivity index (χ4n) is 2.44. The first kappa shape index (κ1) is 15.6. The maximum atomic E-state index is 6.15. The Labute approximate surface area is 140 Å². The fourth-order valence-corrected chi connectivity index (χ4v) is 2.72. The van der Waals surface area contributed by atoms with Gasteiger partial charge in [-0.1, -0.05) is 53.2 Å². The van der Waals surface area contributed by atoms with Crippen molar-refractivity contribution in [1.82, 2.24) is 15.0 Å². The van der Waals surface area contributed by atoms with Crippen LogP contribution in [0, 0.1) is 0 Å². The average Bonchev–Trinajstić information content (AvgIpc) is 3.01. The Morgan fingerprint density at radius 2 is 1.87 bits per heavy atom. The second-order valence-electron chi connectivity index (χ2n) is 5.36. The van der Waals surface area contributed by atoms with Gasteiger partial charge in [0, 0.05) is 6.20 Å². The quantitative estimate of drug-likeness (QED) is 0.692. The van der Waals surface area contributed by atoms with Gasteiger partial charge >= 0.3 is 0 Å². The maximum absolute atomic E-state index is 6.15. The monoisotopic (exact) mass is 327 g/mol. The van der Waals surface area contributed by atoms with Crippen LogP contribution in [0.2, 0.25) is 5.02 Å². The zero-order valence-electron chi connectivity index (χ0n) is 12.9. The number of methoxy groups -OCH3 is 1. The highest BCUT2D eigenvalue weighted by Gasteiger charge is 2.05. The van der Waals surface area contributed by atoms with Crippen LogP contribution in [0.5, 0.6) is 5.75 Å². The maximum Gasteiger partial charge on any atom is 0.137 e. The summed E-state index contributed by atoms with van der Waals surface area (Å²) in [7, 11) is 1.62. The zero-order valence-corrected chi connectivity index (χ0v) is 13.7. The van der Waals surface area contributed by atoms with Crippen molar-refractivity contribution >= 4 is 11.6 Å². The summed E-state index contributed by atoms with van der Waals surface area (Å²) >= 11 is 6.15.